The molecule has 0 aromatic heterocycles. The van der Waals surface area contributed by atoms with E-state index in [0.717, 1.165) is 12.6 Å². The highest BCUT2D eigenvalue weighted by molar-refractivity contribution is 4.87. The molecular formula is C14H28N2O. The van der Waals surface area contributed by atoms with Gasteiger partial charge < -0.3 is 10.5 Å². The fraction of sp³-hybridized carbons (Fsp3) is 1.00. The van der Waals surface area contributed by atoms with E-state index in [2.05, 4.69) is 18.7 Å². The van der Waals surface area contributed by atoms with Crippen molar-refractivity contribution in [3.63, 3.8) is 0 Å². The van der Waals surface area contributed by atoms with Gasteiger partial charge in [-0.3, -0.25) is 4.90 Å². The number of ether oxygens (including phenoxy) is 1. The summed E-state index contributed by atoms with van der Waals surface area (Å²) in [5.41, 5.74) is 6.01. The average Bonchev–Trinajstić information content (AvgIpc) is 2.79. The fourth-order valence-electron chi connectivity index (χ4n) is 3.29. The summed E-state index contributed by atoms with van der Waals surface area (Å²) in [6, 6.07) is 1.11. The molecular weight excluding hydrogens is 212 g/mol. The fourth-order valence-corrected chi connectivity index (χ4v) is 3.29. The molecule has 2 N–H and O–H groups in total. The number of hydrogen-bond acceptors (Lipinski definition) is 3. The van der Waals surface area contributed by atoms with Crippen molar-refractivity contribution in [2.45, 2.75) is 64.1 Å². The first-order chi connectivity index (χ1) is 8.20. The minimum Gasteiger partial charge on any atom is -0.378 e. The summed E-state index contributed by atoms with van der Waals surface area (Å²) in [6.07, 6.45) is 6.70. The number of likely N-dealkylation sites (tertiary alicyclic amines) is 1. The molecule has 0 radical (unpaired) electrons. The number of hydrogen-bond donors (Lipinski definition) is 1. The molecule has 17 heavy (non-hydrogen) atoms. The Balaban J connectivity index is 1.82. The predicted molar refractivity (Wildman–Crippen MR) is 71.0 cm³/mol. The third-order valence-corrected chi connectivity index (χ3v) is 4.47. The first-order valence-electron chi connectivity index (χ1n) is 7.32. The van der Waals surface area contributed by atoms with Crippen LogP contribution in [0.1, 0.15) is 46.0 Å². The maximum Gasteiger partial charge on any atom is 0.0590 e. The van der Waals surface area contributed by atoms with Crippen LogP contribution in [0.5, 0.6) is 0 Å². The monoisotopic (exact) mass is 240 g/mol. The molecule has 2 heterocycles. The van der Waals surface area contributed by atoms with Crippen molar-refractivity contribution < 1.29 is 4.74 Å². The minimum atomic E-state index is 0.353. The Kier molecular flexibility index (Phi) is 4.83. The van der Waals surface area contributed by atoms with Crippen molar-refractivity contribution in [3.05, 3.63) is 0 Å². The lowest BCUT2D eigenvalue weighted by molar-refractivity contribution is -0.0270. The summed E-state index contributed by atoms with van der Waals surface area (Å²) in [6.45, 7) is 7.80. The molecule has 2 rings (SSSR count). The van der Waals surface area contributed by atoms with Crippen molar-refractivity contribution in [2.24, 2.45) is 11.7 Å². The standard InChI is InChI=1S/C14H28N2O/c1-3-4-14-9-13(6-8-17-14)16-7-5-12(10-16)11(2)15/h11-14H,3-10,15H2,1-2H3. The summed E-state index contributed by atoms with van der Waals surface area (Å²) in [7, 11) is 0. The third kappa shape index (κ3) is 3.43. The zero-order valence-electron chi connectivity index (χ0n) is 11.4. The maximum absolute atomic E-state index is 6.01. The van der Waals surface area contributed by atoms with E-state index >= 15 is 0 Å². The Labute approximate surface area is 106 Å². The molecule has 2 saturated heterocycles. The summed E-state index contributed by atoms with van der Waals surface area (Å²) < 4.78 is 5.83. The van der Waals surface area contributed by atoms with Crippen LogP contribution in [0.2, 0.25) is 0 Å². The molecule has 4 unspecified atom stereocenters. The third-order valence-electron chi connectivity index (χ3n) is 4.47. The summed E-state index contributed by atoms with van der Waals surface area (Å²) >= 11 is 0. The number of rotatable bonds is 4. The first-order valence-corrected chi connectivity index (χ1v) is 7.32. The molecule has 2 aliphatic heterocycles. The highest BCUT2D eigenvalue weighted by Gasteiger charge is 2.33. The molecule has 3 heteroatoms. The molecule has 3 nitrogen and oxygen atoms in total. The smallest absolute Gasteiger partial charge is 0.0590 e. The summed E-state index contributed by atoms with van der Waals surface area (Å²) in [4.78, 5) is 2.67. The van der Waals surface area contributed by atoms with E-state index in [0.29, 0.717) is 18.1 Å². The number of nitrogens with zero attached hydrogens (tertiary/aromatic N) is 1. The van der Waals surface area contributed by atoms with Crippen LogP contribution in [0.25, 0.3) is 0 Å². The van der Waals surface area contributed by atoms with Crippen molar-refractivity contribution in [3.8, 4) is 0 Å². The van der Waals surface area contributed by atoms with E-state index in [1.54, 1.807) is 0 Å². The molecule has 2 fully saturated rings. The molecule has 0 spiro atoms. The van der Waals surface area contributed by atoms with Gasteiger partial charge >= 0.3 is 0 Å². The van der Waals surface area contributed by atoms with Crippen LogP contribution in [0.3, 0.4) is 0 Å². The van der Waals surface area contributed by atoms with Crippen molar-refractivity contribution in [2.75, 3.05) is 19.7 Å². The Bertz CT molecular complexity index is 230. The van der Waals surface area contributed by atoms with Gasteiger partial charge in [-0.25, -0.2) is 0 Å². The zero-order chi connectivity index (χ0) is 12.3. The van der Waals surface area contributed by atoms with E-state index in [1.807, 2.05) is 0 Å². The van der Waals surface area contributed by atoms with Gasteiger partial charge in [0.15, 0.2) is 0 Å². The van der Waals surface area contributed by atoms with Crippen LogP contribution in [0.4, 0.5) is 0 Å². The van der Waals surface area contributed by atoms with E-state index < -0.39 is 0 Å². The number of nitrogens with two attached hydrogens (primary N) is 1. The molecule has 100 valence electrons. The van der Waals surface area contributed by atoms with Gasteiger partial charge in [-0.1, -0.05) is 13.3 Å². The van der Waals surface area contributed by atoms with Gasteiger partial charge in [-0.15, -0.1) is 0 Å². The maximum atomic E-state index is 6.01. The van der Waals surface area contributed by atoms with Gasteiger partial charge in [-0.2, -0.15) is 0 Å². The normalized spacial score (nSPS) is 37.2. The molecule has 0 aromatic carbocycles. The Morgan fingerprint density at radius 3 is 2.88 bits per heavy atom. The molecule has 0 aliphatic carbocycles. The van der Waals surface area contributed by atoms with Crippen LogP contribution >= 0.6 is 0 Å². The quantitative estimate of drug-likeness (QED) is 0.817. The first kappa shape index (κ1) is 13.3. The van der Waals surface area contributed by atoms with Gasteiger partial charge in [0.05, 0.1) is 6.10 Å². The topological polar surface area (TPSA) is 38.5 Å². The van der Waals surface area contributed by atoms with Crippen molar-refractivity contribution >= 4 is 0 Å². The summed E-state index contributed by atoms with van der Waals surface area (Å²) in [5, 5.41) is 0. The van der Waals surface area contributed by atoms with E-state index in [-0.39, 0.29) is 0 Å². The lowest BCUT2D eigenvalue weighted by Gasteiger charge is -2.35. The predicted octanol–water partition coefficient (Wildman–Crippen LogP) is 2.00. The van der Waals surface area contributed by atoms with Crippen LogP contribution in [0.15, 0.2) is 0 Å². The van der Waals surface area contributed by atoms with Crippen LogP contribution in [-0.4, -0.2) is 42.8 Å². The van der Waals surface area contributed by atoms with Crippen LogP contribution in [-0.2, 0) is 4.74 Å². The van der Waals surface area contributed by atoms with Gasteiger partial charge in [-0.05, 0) is 45.1 Å². The lowest BCUT2D eigenvalue weighted by Crippen LogP contribution is -2.42. The summed E-state index contributed by atoms with van der Waals surface area (Å²) in [5.74, 6) is 0.711. The second-order valence-corrected chi connectivity index (χ2v) is 5.86. The molecule has 0 aromatic rings. The minimum absolute atomic E-state index is 0.353. The van der Waals surface area contributed by atoms with E-state index in [4.69, 9.17) is 10.5 Å². The molecule has 2 aliphatic rings. The Morgan fingerprint density at radius 1 is 1.41 bits per heavy atom. The highest BCUT2D eigenvalue weighted by atomic mass is 16.5. The van der Waals surface area contributed by atoms with Gasteiger partial charge in [0.25, 0.3) is 0 Å². The van der Waals surface area contributed by atoms with Gasteiger partial charge in [0.2, 0.25) is 0 Å². The van der Waals surface area contributed by atoms with Crippen molar-refractivity contribution in [1.29, 1.82) is 0 Å². The van der Waals surface area contributed by atoms with E-state index in [1.165, 1.54) is 45.2 Å². The van der Waals surface area contributed by atoms with Crippen LogP contribution in [0, 0.1) is 5.92 Å². The van der Waals surface area contributed by atoms with Gasteiger partial charge in [0.1, 0.15) is 0 Å². The second-order valence-electron chi connectivity index (χ2n) is 5.86. The van der Waals surface area contributed by atoms with Crippen molar-refractivity contribution in [1.82, 2.24) is 4.90 Å². The Hall–Kier alpha value is -0.120. The molecule has 0 bridgehead atoms. The van der Waals surface area contributed by atoms with Gasteiger partial charge in [0, 0.05) is 25.2 Å². The molecule has 4 atom stereocenters. The highest BCUT2D eigenvalue weighted by Crippen LogP contribution is 2.28. The molecule has 0 saturated carbocycles. The van der Waals surface area contributed by atoms with Crippen LogP contribution < -0.4 is 5.73 Å². The largest absolute Gasteiger partial charge is 0.378 e. The second kappa shape index (κ2) is 6.17. The van der Waals surface area contributed by atoms with E-state index in [9.17, 15) is 0 Å². The lowest BCUT2D eigenvalue weighted by atomic mass is 9.98. The SMILES string of the molecule is CCCC1CC(N2CCC(C(C)N)C2)CCO1. The zero-order valence-corrected chi connectivity index (χ0v) is 11.4. The Morgan fingerprint density at radius 2 is 2.24 bits per heavy atom. The molecule has 0 amide bonds. The average molecular weight is 240 g/mol.